The Morgan fingerprint density at radius 2 is 1.92 bits per heavy atom. The van der Waals surface area contributed by atoms with E-state index in [4.69, 9.17) is 4.74 Å². The van der Waals surface area contributed by atoms with Gasteiger partial charge in [0, 0.05) is 6.54 Å². The quantitative estimate of drug-likeness (QED) is 0.801. The first-order valence-electron chi connectivity index (χ1n) is 8.74. The Labute approximate surface area is 150 Å². The molecule has 5 heteroatoms. The summed E-state index contributed by atoms with van der Waals surface area (Å²) in [6.45, 7) is 8.92. The van der Waals surface area contributed by atoms with E-state index in [1.54, 1.807) is 6.07 Å². The molecule has 0 saturated carbocycles. The van der Waals surface area contributed by atoms with Crippen LogP contribution in [0.25, 0.3) is 0 Å². The van der Waals surface area contributed by atoms with E-state index in [1.165, 1.54) is 4.31 Å². The van der Waals surface area contributed by atoms with Crippen molar-refractivity contribution in [1.82, 2.24) is 0 Å². The molecule has 0 atom stereocenters. The molecule has 2 aromatic carbocycles. The highest BCUT2D eigenvalue weighted by Gasteiger charge is 2.33. The Balaban J connectivity index is 2.15. The van der Waals surface area contributed by atoms with Crippen LogP contribution in [0.5, 0.6) is 5.75 Å². The number of aryl methyl sites for hydroxylation is 1. The van der Waals surface area contributed by atoms with Crippen molar-refractivity contribution in [3.05, 3.63) is 53.1 Å². The van der Waals surface area contributed by atoms with Crippen LogP contribution < -0.4 is 9.04 Å². The second kappa shape index (κ2) is 6.71. The maximum atomic E-state index is 13.4. The van der Waals surface area contributed by atoms with Crippen LogP contribution in [0.1, 0.15) is 43.4 Å². The molecule has 0 unspecified atom stereocenters. The Bertz CT molecular complexity index is 888. The van der Waals surface area contributed by atoms with Gasteiger partial charge in [0.05, 0.1) is 12.3 Å². The van der Waals surface area contributed by atoms with E-state index in [9.17, 15) is 8.42 Å². The molecule has 4 nitrogen and oxygen atoms in total. The van der Waals surface area contributed by atoms with E-state index in [0.29, 0.717) is 18.9 Å². The number of ether oxygens (including phenoxy) is 1. The Kier molecular flexibility index (Phi) is 4.78. The summed E-state index contributed by atoms with van der Waals surface area (Å²) in [5.74, 6) is 0.685. The maximum absolute atomic E-state index is 13.4. The van der Waals surface area contributed by atoms with Crippen LogP contribution >= 0.6 is 0 Å². The molecular formula is C20H25NO3S. The highest BCUT2D eigenvalue weighted by Crippen LogP contribution is 2.38. The zero-order valence-corrected chi connectivity index (χ0v) is 16.1. The number of benzene rings is 2. The Hall–Kier alpha value is -2.01. The average Bonchev–Trinajstić information content (AvgIpc) is 2.99. The summed E-state index contributed by atoms with van der Waals surface area (Å²) < 4.78 is 34.0. The first-order chi connectivity index (χ1) is 11.9. The molecule has 0 aromatic heterocycles. The third-order valence-electron chi connectivity index (χ3n) is 4.67. The molecule has 2 aromatic rings. The largest absolute Gasteiger partial charge is 0.492 e. The van der Waals surface area contributed by atoms with Crippen molar-refractivity contribution in [3.63, 3.8) is 0 Å². The van der Waals surface area contributed by atoms with Gasteiger partial charge in [0.15, 0.2) is 0 Å². The first kappa shape index (κ1) is 17.8. The summed E-state index contributed by atoms with van der Waals surface area (Å²) in [5, 5.41) is 0. The lowest BCUT2D eigenvalue weighted by Crippen LogP contribution is -2.29. The number of anilines is 1. The smallest absolute Gasteiger partial charge is 0.268 e. The van der Waals surface area contributed by atoms with Gasteiger partial charge in [0.25, 0.3) is 10.0 Å². The van der Waals surface area contributed by atoms with Crippen molar-refractivity contribution in [2.24, 2.45) is 0 Å². The van der Waals surface area contributed by atoms with Crippen LogP contribution in [0.4, 0.5) is 5.69 Å². The number of para-hydroxylation sites is 1. The van der Waals surface area contributed by atoms with Gasteiger partial charge in [-0.2, -0.15) is 0 Å². The lowest BCUT2D eigenvalue weighted by atomic mass is 9.98. The van der Waals surface area contributed by atoms with Crippen LogP contribution in [0.15, 0.2) is 41.3 Å². The zero-order valence-electron chi connectivity index (χ0n) is 15.2. The van der Waals surface area contributed by atoms with Gasteiger partial charge in [-0.3, -0.25) is 4.31 Å². The molecule has 3 rings (SSSR count). The van der Waals surface area contributed by atoms with Gasteiger partial charge in [-0.25, -0.2) is 8.42 Å². The van der Waals surface area contributed by atoms with Gasteiger partial charge < -0.3 is 4.74 Å². The van der Waals surface area contributed by atoms with E-state index in [2.05, 4.69) is 13.8 Å². The predicted molar refractivity (Wildman–Crippen MR) is 101 cm³/mol. The van der Waals surface area contributed by atoms with Crippen LogP contribution in [-0.4, -0.2) is 21.6 Å². The van der Waals surface area contributed by atoms with E-state index in [1.807, 2.05) is 44.2 Å². The fourth-order valence-corrected chi connectivity index (χ4v) is 5.10. The van der Waals surface area contributed by atoms with Crippen molar-refractivity contribution >= 4 is 15.7 Å². The molecule has 0 saturated heterocycles. The molecule has 0 radical (unpaired) electrons. The first-order valence-corrected chi connectivity index (χ1v) is 10.2. The minimum atomic E-state index is -3.67. The second-order valence-electron chi connectivity index (χ2n) is 6.70. The normalized spacial score (nSPS) is 14.0. The van der Waals surface area contributed by atoms with Crippen LogP contribution in [0.3, 0.4) is 0 Å². The van der Waals surface area contributed by atoms with Crippen LogP contribution in [0, 0.1) is 6.92 Å². The Morgan fingerprint density at radius 3 is 2.60 bits per heavy atom. The topological polar surface area (TPSA) is 46.6 Å². The number of hydrogen-bond donors (Lipinski definition) is 0. The predicted octanol–water partition coefficient (Wildman–Crippen LogP) is 4.27. The van der Waals surface area contributed by atoms with E-state index < -0.39 is 10.0 Å². The van der Waals surface area contributed by atoms with E-state index >= 15 is 0 Å². The molecule has 0 aliphatic carbocycles. The summed E-state index contributed by atoms with van der Waals surface area (Å²) in [6.07, 6.45) is 0.738. The summed E-state index contributed by atoms with van der Waals surface area (Å²) in [7, 11) is -3.67. The molecule has 1 aliphatic heterocycles. The zero-order chi connectivity index (χ0) is 18.2. The molecule has 134 valence electrons. The van der Waals surface area contributed by atoms with Gasteiger partial charge in [-0.1, -0.05) is 32.0 Å². The summed E-state index contributed by atoms with van der Waals surface area (Å²) in [4.78, 5) is 0.264. The second-order valence-corrected chi connectivity index (χ2v) is 8.53. The van der Waals surface area contributed by atoms with E-state index in [0.717, 1.165) is 28.8 Å². The Morgan fingerprint density at radius 1 is 1.20 bits per heavy atom. The average molecular weight is 359 g/mol. The lowest BCUT2D eigenvalue weighted by Gasteiger charge is -2.23. The molecule has 1 aliphatic rings. The molecule has 0 fully saturated rings. The summed E-state index contributed by atoms with van der Waals surface area (Å²) >= 11 is 0. The fraction of sp³-hybridized carbons (Fsp3) is 0.400. The van der Waals surface area contributed by atoms with Crippen molar-refractivity contribution < 1.29 is 13.2 Å². The minimum Gasteiger partial charge on any atom is -0.492 e. The SMILES string of the molecule is CCOc1cc(C)c(C(C)C)cc1S(=O)(=O)N1CCc2ccccc21. The van der Waals surface area contributed by atoms with Gasteiger partial charge in [-0.15, -0.1) is 0 Å². The monoisotopic (exact) mass is 359 g/mol. The molecule has 1 heterocycles. The van der Waals surface area contributed by atoms with E-state index in [-0.39, 0.29) is 10.8 Å². The summed E-state index contributed by atoms with van der Waals surface area (Å²) in [5.41, 5.74) is 3.94. The fourth-order valence-electron chi connectivity index (χ4n) is 3.45. The molecule has 0 amide bonds. The van der Waals surface area contributed by atoms with Crippen LogP contribution in [0.2, 0.25) is 0 Å². The number of sulfonamides is 1. The van der Waals surface area contributed by atoms with Crippen molar-refractivity contribution in [1.29, 1.82) is 0 Å². The lowest BCUT2D eigenvalue weighted by molar-refractivity contribution is 0.330. The summed E-state index contributed by atoms with van der Waals surface area (Å²) in [6, 6.07) is 11.3. The highest BCUT2D eigenvalue weighted by atomic mass is 32.2. The molecule has 25 heavy (non-hydrogen) atoms. The maximum Gasteiger partial charge on any atom is 0.268 e. The molecular weight excluding hydrogens is 334 g/mol. The number of nitrogens with zero attached hydrogens (tertiary/aromatic N) is 1. The number of rotatable bonds is 5. The van der Waals surface area contributed by atoms with Crippen molar-refractivity contribution in [3.8, 4) is 5.75 Å². The van der Waals surface area contributed by atoms with Gasteiger partial charge in [0.1, 0.15) is 10.6 Å². The standard InChI is InChI=1S/C20H25NO3S/c1-5-24-19-12-15(4)17(14(2)3)13-20(19)25(22,23)21-11-10-16-8-6-7-9-18(16)21/h6-9,12-14H,5,10-11H2,1-4H3. The third-order valence-corrected chi connectivity index (χ3v) is 6.50. The van der Waals surface area contributed by atoms with Gasteiger partial charge >= 0.3 is 0 Å². The number of fused-ring (bicyclic) bond motifs is 1. The van der Waals surface area contributed by atoms with Crippen molar-refractivity contribution in [2.75, 3.05) is 17.5 Å². The molecule has 0 spiro atoms. The van der Waals surface area contributed by atoms with Gasteiger partial charge in [0.2, 0.25) is 0 Å². The molecule has 0 N–H and O–H groups in total. The van der Waals surface area contributed by atoms with Gasteiger partial charge in [-0.05, 0) is 61.1 Å². The molecule has 0 bridgehead atoms. The number of hydrogen-bond acceptors (Lipinski definition) is 3. The minimum absolute atomic E-state index is 0.246. The highest BCUT2D eigenvalue weighted by molar-refractivity contribution is 7.93. The van der Waals surface area contributed by atoms with Crippen LogP contribution in [-0.2, 0) is 16.4 Å². The van der Waals surface area contributed by atoms with Crippen molar-refractivity contribution in [2.45, 2.75) is 44.9 Å². The third kappa shape index (κ3) is 3.13.